The van der Waals surface area contributed by atoms with Crippen molar-refractivity contribution in [2.45, 2.75) is 39.4 Å². The average Bonchev–Trinajstić information content (AvgIpc) is 2.95. The molecule has 2 atom stereocenters. The largest absolute Gasteiger partial charge is 0.318 e. The summed E-state index contributed by atoms with van der Waals surface area (Å²) in [6.45, 7) is 6.91. The van der Waals surface area contributed by atoms with Crippen molar-refractivity contribution < 1.29 is 4.79 Å². The second-order valence-corrected chi connectivity index (χ2v) is 7.58. The van der Waals surface area contributed by atoms with Crippen LogP contribution < -0.4 is 5.32 Å². The fourth-order valence-corrected chi connectivity index (χ4v) is 4.14. The van der Waals surface area contributed by atoms with Crippen LogP contribution in [0.3, 0.4) is 0 Å². The molecule has 0 aromatic carbocycles. The molecule has 2 rings (SSSR count). The van der Waals surface area contributed by atoms with Crippen LogP contribution in [0.25, 0.3) is 0 Å². The lowest BCUT2D eigenvalue weighted by Crippen LogP contribution is -2.38. The van der Waals surface area contributed by atoms with Crippen molar-refractivity contribution in [3.05, 3.63) is 21.9 Å². The molecule has 106 valence electrons. The summed E-state index contributed by atoms with van der Waals surface area (Å²) in [5.41, 5.74) is 0. The van der Waals surface area contributed by atoms with Crippen LogP contribution in [0.5, 0.6) is 0 Å². The van der Waals surface area contributed by atoms with Crippen molar-refractivity contribution in [1.82, 2.24) is 10.2 Å². The SMILES string of the molecule is CCSCCC(C)N1C(=O)CNC1c1ccc(C)s1. The van der Waals surface area contributed by atoms with Gasteiger partial charge >= 0.3 is 0 Å². The highest BCUT2D eigenvalue weighted by Crippen LogP contribution is 2.30. The van der Waals surface area contributed by atoms with Crippen LogP contribution in [0.1, 0.15) is 36.2 Å². The zero-order chi connectivity index (χ0) is 13.8. The van der Waals surface area contributed by atoms with E-state index in [9.17, 15) is 4.79 Å². The molecule has 1 aliphatic heterocycles. The molecule has 2 heterocycles. The molecule has 0 radical (unpaired) electrons. The van der Waals surface area contributed by atoms with Gasteiger partial charge in [-0.25, -0.2) is 0 Å². The van der Waals surface area contributed by atoms with E-state index in [1.165, 1.54) is 9.75 Å². The highest BCUT2D eigenvalue weighted by Gasteiger charge is 2.35. The smallest absolute Gasteiger partial charge is 0.238 e. The molecule has 0 aliphatic carbocycles. The number of rotatable bonds is 6. The molecule has 1 fully saturated rings. The Morgan fingerprint density at radius 2 is 2.37 bits per heavy atom. The number of nitrogens with one attached hydrogen (secondary N) is 1. The summed E-state index contributed by atoms with van der Waals surface area (Å²) in [7, 11) is 0. The van der Waals surface area contributed by atoms with Crippen LogP contribution in [-0.2, 0) is 4.79 Å². The third kappa shape index (κ3) is 3.52. The highest BCUT2D eigenvalue weighted by molar-refractivity contribution is 7.99. The molecular formula is C14H22N2OS2. The van der Waals surface area contributed by atoms with Crippen molar-refractivity contribution in [1.29, 1.82) is 0 Å². The summed E-state index contributed by atoms with van der Waals surface area (Å²) in [4.78, 5) is 16.7. The van der Waals surface area contributed by atoms with Gasteiger partial charge in [-0.05, 0) is 43.9 Å². The Labute approximate surface area is 123 Å². The van der Waals surface area contributed by atoms with Gasteiger partial charge in [-0.3, -0.25) is 10.1 Å². The molecule has 1 aliphatic rings. The maximum atomic E-state index is 12.1. The zero-order valence-corrected chi connectivity index (χ0v) is 13.4. The van der Waals surface area contributed by atoms with E-state index in [2.05, 4.69) is 38.2 Å². The number of thioether (sulfide) groups is 1. The van der Waals surface area contributed by atoms with Crippen LogP contribution in [0.4, 0.5) is 0 Å². The Bertz CT molecular complexity index is 433. The quantitative estimate of drug-likeness (QED) is 0.819. The van der Waals surface area contributed by atoms with Crippen LogP contribution in [-0.4, -0.2) is 34.9 Å². The minimum Gasteiger partial charge on any atom is -0.318 e. The fraction of sp³-hybridized carbons (Fsp3) is 0.643. The summed E-state index contributed by atoms with van der Waals surface area (Å²) < 4.78 is 0. The van der Waals surface area contributed by atoms with Crippen LogP contribution in [0, 0.1) is 6.92 Å². The molecule has 5 heteroatoms. The lowest BCUT2D eigenvalue weighted by molar-refractivity contribution is -0.130. The van der Waals surface area contributed by atoms with E-state index in [0.29, 0.717) is 12.6 Å². The van der Waals surface area contributed by atoms with Gasteiger partial charge in [0.1, 0.15) is 6.17 Å². The third-order valence-corrected chi connectivity index (χ3v) is 5.39. The second-order valence-electron chi connectivity index (χ2n) is 4.87. The van der Waals surface area contributed by atoms with Gasteiger partial charge in [0.25, 0.3) is 0 Å². The molecule has 0 saturated carbocycles. The van der Waals surface area contributed by atoms with Gasteiger partial charge in [0, 0.05) is 15.8 Å². The minimum atomic E-state index is 0.0767. The summed E-state index contributed by atoms with van der Waals surface area (Å²) in [5.74, 6) is 2.49. The highest BCUT2D eigenvalue weighted by atomic mass is 32.2. The lowest BCUT2D eigenvalue weighted by atomic mass is 10.2. The Balaban J connectivity index is 2.04. The molecule has 1 amide bonds. The average molecular weight is 298 g/mol. The molecule has 1 saturated heterocycles. The van der Waals surface area contributed by atoms with E-state index in [1.807, 2.05) is 16.7 Å². The zero-order valence-electron chi connectivity index (χ0n) is 11.8. The summed E-state index contributed by atoms with van der Waals surface area (Å²) in [6.07, 6.45) is 1.14. The predicted molar refractivity (Wildman–Crippen MR) is 83.7 cm³/mol. The lowest BCUT2D eigenvalue weighted by Gasteiger charge is -2.30. The van der Waals surface area contributed by atoms with Gasteiger partial charge in [0.15, 0.2) is 0 Å². The van der Waals surface area contributed by atoms with Crippen molar-refractivity contribution in [3.8, 4) is 0 Å². The molecule has 3 nitrogen and oxygen atoms in total. The van der Waals surface area contributed by atoms with Crippen molar-refractivity contribution in [2.24, 2.45) is 0 Å². The van der Waals surface area contributed by atoms with E-state index in [-0.39, 0.29) is 12.1 Å². The summed E-state index contributed by atoms with van der Waals surface area (Å²) in [5, 5.41) is 3.34. The normalized spacial score (nSPS) is 21.1. The minimum absolute atomic E-state index is 0.0767. The predicted octanol–water partition coefficient (Wildman–Crippen LogP) is 3.02. The number of thiophene rings is 1. The molecular weight excluding hydrogens is 276 g/mol. The first-order chi connectivity index (χ1) is 9.13. The van der Waals surface area contributed by atoms with E-state index >= 15 is 0 Å². The molecule has 0 bridgehead atoms. The van der Waals surface area contributed by atoms with Gasteiger partial charge in [-0.2, -0.15) is 11.8 Å². The summed E-state index contributed by atoms with van der Waals surface area (Å²) in [6, 6.07) is 4.56. The Hall–Kier alpha value is -0.520. The number of hydrogen-bond donors (Lipinski definition) is 1. The first-order valence-electron chi connectivity index (χ1n) is 6.82. The van der Waals surface area contributed by atoms with E-state index < -0.39 is 0 Å². The maximum Gasteiger partial charge on any atom is 0.238 e. The monoisotopic (exact) mass is 298 g/mol. The number of aryl methyl sites for hydroxylation is 1. The molecule has 1 N–H and O–H groups in total. The van der Waals surface area contributed by atoms with E-state index in [0.717, 1.165) is 17.9 Å². The number of carbonyl (C=O) groups is 1. The van der Waals surface area contributed by atoms with Crippen molar-refractivity contribution in [2.75, 3.05) is 18.1 Å². The number of nitrogens with zero attached hydrogens (tertiary/aromatic N) is 1. The van der Waals surface area contributed by atoms with E-state index in [1.54, 1.807) is 11.3 Å². The molecule has 19 heavy (non-hydrogen) atoms. The first-order valence-corrected chi connectivity index (χ1v) is 8.79. The second kappa shape index (κ2) is 6.77. The maximum absolute atomic E-state index is 12.1. The summed E-state index contributed by atoms with van der Waals surface area (Å²) >= 11 is 3.72. The molecule has 0 spiro atoms. The fourth-order valence-electron chi connectivity index (χ4n) is 2.39. The van der Waals surface area contributed by atoms with Gasteiger partial charge in [-0.15, -0.1) is 11.3 Å². The van der Waals surface area contributed by atoms with Crippen LogP contribution >= 0.6 is 23.1 Å². The van der Waals surface area contributed by atoms with Gasteiger partial charge in [0.2, 0.25) is 5.91 Å². The third-order valence-electron chi connectivity index (χ3n) is 3.40. The standard InChI is InChI=1S/C14H22N2OS2/c1-4-18-8-7-10(2)16-13(17)9-15-14(16)12-6-5-11(3)19-12/h5-6,10,14-15H,4,7-9H2,1-3H3. The number of hydrogen-bond acceptors (Lipinski definition) is 4. The van der Waals surface area contributed by atoms with E-state index in [4.69, 9.17) is 0 Å². The van der Waals surface area contributed by atoms with Gasteiger partial charge in [0.05, 0.1) is 6.54 Å². The Kier molecular flexibility index (Phi) is 5.30. The van der Waals surface area contributed by atoms with Crippen molar-refractivity contribution in [3.63, 3.8) is 0 Å². The Morgan fingerprint density at radius 1 is 1.58 bits per heavy atom. The first kappa shape index (κ1) is 14.9. The van der Waals surface area contributed by atoms with Crippen molar-refractivity contribution >= 4 is 29.0 Å². The molecule has 2 unspecified atom stereocenters. The molecule has 1 aromatic rings. The number of carbonyl (C=O) groups excluding carboxylic acids is 1. The number of amides is 1. The molecule has 1 aromatic heterocycles. The van der Waals surface area contributed by atoms with Crippen LogP contribution in [0.2, 0.25) is 0 Å². The van der Waals surface area contributed by atoms with Gasteiger partial charge < -0.3 is 4.90 Å². The Morgan fingerprint density at radius 3 is 3.00 bits per heavy atom. The van der Waals surface area contributed by atoms with Gasteiger partial charge in [-0.1, -0.05) is 6.92 Å². The topological polar surface area (TPSA) is 32.3 Å². The van der Waals surface area contributed by atoms with Crippen LogP contribution in [0.15, 0.2) is 12.1 Å².